The first-order valence-electron chi connectivity index (χ1n) is 6.76. The third-order valence-electron chi connectivity index (χ3n) is 2.97. The Morgan fingerprint density at radius 3 is 2.53 bits per heavy atom. The Labute approximate surface area is 113 Å². The molecule has 0 spiro atoms. The van der Waals surface area contributed by atoms with E-state index in [-0.39, 0.29) is 0 Å². The van der Waals surface area contributed by atoms with Gasteiger partial charge in [-0.15, -0.1) is 0 Å². The van der Waals surface area contributed by atoms with Gasteiger partial charge in [-0.3, -0.25) is 0 Å². The van der Waals surface area contributed by atoms with Gasteiger partial charge in [0.2, 0.25) is 0 Å². The van der Waals surface area contributed by atoms with E-state index in [0.717, 1.165) is 25.5 Å². The van der Waals surface area contributed by atoms with Crippen LogP contribution in [0.25, 0.3) is 0 Å². The van der Waals surface area contributed by atoms with Crippen LogP contribution in [0.2, 0.25) is 0 Å². The first-order chi connectivity index (χ1) is 8.89. The Kier molecular flexibility index (Phi) is 6.35. The second kappa shape index (κ2) is 7.53. The summed E-state index contributed by atoms with van der Waals surface area (Å²) >= 11 is 0. The summed E-state index contributed by atoms with van der Waals surface area (Å²) in [5.41, 5.74) is 0.102. The van der Waals surface area contributed by atoms with Crippen molar-refractivity contribution in [2.24, 2.45) is 5.92 Å². The molecule has 0 saturated carbocycles. The van der Waals surface area contributed by atoms with E-state index in [9.17, 15) is 13.2 Å². The van der Waals surface area contributed by atoms with Crippen molar-refractivity contribution in [3.05, 3.63) is 35.4 Å². The van der Waals surface area contributed by atoms with Gasteiger partial charge < -0.3 is 5.32 Å². The van der Waals surface area contributed by atoms with Crippen LogP contribution in [0, 0.1) is 5.92 Å². The predicted octanol–water partition coefficient (Wildman–Crippen LogP) is 4.62. The van der Waals surface area contributed by atoms with Gasteiger partial charge in [-0.25, -0.2) is 0 Å². The highest BCUT2D eigenvalue weighted by molar-refractivity contribution is 5.25. The molecule has 0 amide bonds. The zero-order valence-electron chi connectivity index (χ0n) is 11.6. The van der Waals surface area contributed by atoms with E-state index in [4.69, 9.17) is 0 Å². The van der Waals surface area contributed by atoms with E-state index in [1.165, 1.54) is 18.6 Å². The Balaban J connectivity index is 2.30. The van der Waals surface area contributed by atoms with Crippen LogP contribution in [-0.2, 0) is 12.7 Å². The monoisotopic (exact) mass is 273 g/mol. The van der Waals surface area contributed by atoms with Gasteiger partial charge in [0.15, 0.2) is 0 Å². The third kappa shape index (κ3) is 6.62. The molecule has 0 aromatic heterocycles. The van der Waals surface area contributed by atoms with Crippen LogP contribution in [0.4, 0.5) is 13.2 Å². The lowest BCUT2D eigenvalue weighted by Gasteiger charge is -2.10. The normalized spacial score (nSPS) is 12.1. The van der Waals surface area contributed by atoms with Gasteiger partial charge in [-0.05, 0) is 30.5 Å². The number of unbranched alkanes of at least 4 members (excludes halogenated alkanes) is 1. The summed E-state index contributed by atoms with van der Waals surface area (Å²) in [4.78, 5) is 0. The molecule has 0 unspecified atom stereocenters. The first kappa shape index (κ1) is 16.0. The van der Waals surface area contributed by atoms with Gasteiger partial charge in [0.1, 0.15) is 0 Å². The maximum absolute atomic E-state index is 12.5. The predicted molar refractivity (Wildman–Crippen MR) is 71.8 cm³/mol. The molecule has 0 bridgehead atoms. The molecule has 0 heterocycles. The van der Waals surface area contributed by atoms with Crippen LogP contribution in [0.3, 0.4) is 0 Å². The van der Waals surface area contributed by atoms with Crippen molar-refractivity contribution in [3.63, 3.8) is 0 Å². The molecular formula is C15H22F3N. The quantitative estimate of drug-likeness (QED) is 0.715. The number of hydrogen-bond acceptors (Lipinski definition) is 1. The Morgan fingerprint density at radius 2 is 1.89 bits per heavy atom. The van der Waals surface area contributed by atoms with E-state index in [0.29, 0.717) is 18.0 Å². The van der Waals surface area contributed by atoms with E-state index in [1.54, 1.807) is 6.07 Å². The van der Waals surface area contributed by atoms with Crippen LogP contribution in [0.5, 0.6) is 0 Å². The number of benzene rings is 1. The highest BCUT2D eigenvalue weighted by Crippen LogP contribution is 2.29. The average molecular weight is 273 g/mol. The minimum absolute atomic E-state index is 0.492. The molecule has 0 radical (unpaired) electrons. The summed E-state index contributed by atoms with van der Waals surface area (Å²) in [7, 11) is 0. The average Bonchev–Trinajstić information content (AvgIpc) is 2.32. The Morgan fingerprint density at radius 1 is 1.16 bits per heavy atom. The standard InChI is InChI=1S/C15H22F3N/c1-12(2)6-3-4-9-19-11-13-7-5-8-14(10-13)15(16,17)18/h5,7-8,10,12,19H,3-4,6,9,11H2,1-2H3. The molecule has 1 aromatic rings. The lowest BCUT2D eigenvalue weighted by atomic mass is 10.1. The lowest BCUT2D eigenvalue weighted by molar-refractivity contribution is -0.137. The van der Waals surface area contributed by atoms with Crippen molar-refractivity contribution in [3.8, 4) is 0 Å². The number of nitrogens with one attached hydrogen (secondary N) is 1. The van der Waals surface area contributed by atoms with Gasteiger partial charge in [0.25, 0.3) is 0 Å². The van der Waals surface area contributed by atoms with Crippen molar-refractivity contribution in [2.75, 3.05) is 6.54 Å². The third-order valence-corrected chi connectivity index (χ3v) is 2.97. The highest BCUT2D eigenvalue weighted by Gasteiger charge is 2.30. The number of hydrogen-bond donors (Lipinski definition) is 1. The number of alkyl halides is 3. The van der Waals surface area contributed by atoms with Crippen molar-refractivity contribution < 1.29 is 13.2 Å². The fourth-order valence-corrected chi connectivity index (χ4v) is 1.89. The zero-order valence-corrected chi connectivity index (χ0v) is 11.6. The molecule has 0 aliphatic heterocycles. The fraction of sp³-hybridized carbons (Fsp3) is 0.600. The number of halogens is 3. The maximum atomic E-state index is 12.5. The molecule has 0 aliphatic rings. The Bertz CT molecular complexity index is 372. The van der Waals surface area contributed by atoms with Gasteiger partial charge in [0.05, 0.1) is 5.56 Å². The molecule has 1 N–H and O–H groups in total. The molecule has 1 aromatic carbocycles. The minimum atomic E-state index is -4.26. The van der Waals surface area contributed by atoms with E-state index >= 15 is 0 Å². The SMILES string of the molecule is CC(C)CCCCNCc1cccc(C(F)(F)F)c1. The fourth-order valence-electron chi connectivity index (χ4n) is 1.89. The first-order valence-corrected chi connectivity index (χ1v) is 6.76. The summed E-state index contributed by atoms with van der Waals surface area (Å²) in [5, 5.41) is 3.19. The molecule has 1 nitrogen and oxygen atoms in total. The second-order valence-corrected chi connectivity index (χ2v) is 5.26. The van der Waals surface area contributed by atoms with Crippen molar-refractivity contribution in [1.29, 1.82) is 0 Å². The van der Waals surface area contributed by atoms with Crippen LogP contribution >= 0.6 is 0 Å². The van der Waals surface area contributed by atoms with Gasteiger partial charge >= 0.3 is 6.18 Å². The summed E-state index contributed by atoms with van der Waals surface area (Å²) in [6.07, 6.45) is -0.830. The molecule has 0 aliphatic carbocycles. The van der Waals surface area contributed by atoms with E-state index in [1.807, 2.05) is 0 Å². The topological polar surface area (TPSA) is 12.0 Å². The molecule has 0 fully saturated rings. The van der Waals surface area contributed by atoms with E-state index < -0.39 is 11.7 Å². The van der Waals surface area contributed by atoms with Crippen molar-refractivity contribution in [2.45, 2.75) is 45.8 Å². The maximum Gasteiger partial charge on any atom is 0.416 e. The Hall–Kier alpha value is -1.03. The van der Waals surface area contributed by atoms with Crippen LogP contribution in [0.1, 0.15) is 44.2 Å². The highest BCUT2D eigenvalue weighted by atomic mass is 19.4. The zero-order chi connectivity index (χ0) is 14.3. The molecule has 19 heavy (non-hydrogen) atoms. The lowest BCUT2D eigenvalue weighted by Crippen LogP contribution is -2.15. The van der Waals surface area contributed by atoms with Gasteiger partial charge in [-0.2, -0.15) is 13.2 Å². The summed E-state index contributed by atoms with van der Waals surface area (Å²) in [6, 6.07) is 5.49. The largest absolute Gasteiger partial charge is 0.416 e. The van der Waals surface area contributed by atoms with Gasteiger partial charge in [-0.1, -0.05) is 44.9 Å². The van der Waals surface area contributed by atoms with Crippen LogP contribution in [0.15, 0.2) is 24.3 Å². The molecule has 108 valence electrons. The summed E-state index contributed by atoms with van der Waals surface area (Å²) in [6.45, 7) is 5.72. The van der Waals surface area contributed by atoms with Crippen LogP contribution in [-0.4, -0.2) is 6.54 Å². The number of rotatable bonds is 7. The van der Waals surface area contributed by atoms with Crippen LogP contribution < -0.4 is 5.32 Å². The van der Waals surface area contributed by atoms with Gasteiger partial charge in [0, 0.05) is 6.54 Å². The second-order valence-electron chi connectivity index (χ2n) is 5.26. The summed E-state index contributed by atoms with van der Waals surface area (Å²) < 4.78 is 37.5. The molecule has 1 rings (SSSR count). The minimum Gasteiger partial charge on any atom is -0.313 e. The van der Waals surface area contributed by atoms with Crippen molar-refractivity contribution >= 4 is 0 Å². The summed E-state index contributed by atoms with van der Waals surface area (Å²) in [5.74, 6) is 0.712. The molecular weight excluding hydrogens is 251 g/mol. The van der Waals surface area contributed by atoms with Crippen molar-refractivity contribution in [1.82, 2.24) is 5.32 Å². The van der Waals surface area contributed by atoms with E-state index in [2.05, 4.69) is 19.2 Å². The molecule has 4 heteroatoms. The molecule has 0 atom stereocenters. The smallest absolute Gasteiger partial charge is 0.313 e. The molecule has 0 saturated heterocycles.